The Bertz CT molecular complexity index is 91.1. The third-order valence-corrected chi connectivity index (χ3v) is 5.25. The van der Waals surface area contributed by atoms with Gasteiger partial charge in [-0.15, -0.1) is 0 Å². The molecule has 0 bridgehead atoms. The fraction of sp³-hybridized carbons (Fsp3) is 1.00. The third-order valence-electron chi connectivity index (χ3n) is 2.22. The van der Waals surface area contributed by atoms with Crippen LogP contribution in [0.1, 0.15) is 13.3 Å². The molecule has 0 radical (unpaired) electrons. The Morgan fingerprint density at radius 2 is 1.62 bits per heavy atom. The molecule has 0 spiro atoms. The molecule has 0 aromatic heterocycles. The van der Waals surface area contributed by atoms with Crippen LogP contribution in [0.15, 0.2) is 0 Å². The van der Waals surface area contributed by atoms with Gasteiger partial charge in [-0.25, -0.2) is 0 Å². The minimum atomic E-state index is -0.687. The highest BCUT2D eigenvalue weighted by Crippen LogP contribution is 2.50. The first-order valence-electron chi connectivity index (χ1n) is 3.52. The van der Waals surface area contributed by atoms with Crippen molar-refractivity contribution >= 4 is 8.07 Å². The van der Waals surface area contributed by atoms with Crippen molar-refractivity contribution in [3.63, 3.8) is 0 Å². The topological polar surface area (TPSA) is 0 Å². The summed E-state index contributed by atoms with van der Waals surface area (Å²) in [6.07, 6.45) is 1.52. The van der Waals surface area contributed by atoms with E-state index in [-0.39, 0.29) is 0 Å². The Balaban J connectivity index is 2.39. The van der Waals surface area contributed by atoms with Crippen LogP contribution < -0.4 is 0 Å². The van der Waals surface area contributed by atoms with Crippen LogP contribution in [-0.4, -0.2) is 8.07 Å². The van der Waals surface area contributed by atoms with Gasteiger partial charge in [0, 0.05) is 8.07 Å². The first kappa shape index (κ1) is 6.34. The molecule has 1 heteroatoms. The van der Waals surface area contributed by atoms with Crippen molar-refractivity contribution in [3.8, 4) is 0 Å². The molecule has 2 atom stereocenters. The highest BCUT2D eigenvalue weighted by molar-refractivity contribution is 6.78. The highest BCUT2D eigenvalue weighted by Gasteiger charge is 2.42. The molecule has 2 unspecified atom stereocenters. The normalized spacial score (nSPS) is 37.5. The summed E-state index contributed by atoms with van der Waals surface area (Å²) in [6.45, 7) is 9.80. The average molecular weight is 128 g/mol. The SMILES string of the molecule is CC1CC1[Si](C)(C)C. The van der Waals surface area contributed by atoms with Gasteiger partial charge in [-0.2, -0.15) is 0 Å². The molecule has 1 rings (SSSR count). The lowest BCUT2D eigenvalue weighted by Gasteiger charge is -2.13. The summed E-state index contributed by atoms with van der Waals surface area (Å²) in [4.78, 5) is 0. The molecular formula is C7H16Si. The Kier molecular flexibility index (Phi) is 1.27. The number of hydrogen-bond acceptors (Lipinski definition) is 0. The molecule has 0 aliphatic heterocycles. The van der Waals surface area contributed by atoms with Crippen LogP contribution in [0.25, 0.3) is 0 Å². The van der Waals surface area contributed by atoms with Crippen LogP contribution in [0.4, 0.5) is 0 Å². The minimum Gasteiger partial charge on any atom is -0.0693 e. The summed E-state index contributed by atoms with van der Waals surface area (Å²) < 4.78 is 0. The molecule has 1 aliphatic carbocycles. The molecule has 0 heterocycles. The fourth-order valence-corrected chi connectivity index (χ4v) is 4.32. The summed E-state index contributed by atoms with van der Waals surface area (Å²) in [5.74, 6) is 1.07. The molecular weight excluding hydrogens is 112 g/mol. The number of hydrogen-bond donors (Lipinski definition) is 0. The lowest BCUT2D eigenvalue weighted by molar-refractivity contribution is 0.968. The molecule has 1 fully saturated rings. The molecule has 1 saturated carbocycles. The van der Waals surface area contributed by atoms with Gasteiger partial charge in [-0.3, -0.25) is 0 Å². The summed E-state index contributed by atoms with van der Waals surface area (Å²) in [6, 6.07) is 0. The van der Waals surface area contributed by atoms with Gasteiger partial charge in [-0.1, -0.05) is 26.6 Å². The van der Waals surface area contributed by atoms with Gasteiger partial charge in [-0.05, 0) is 17.9 Å². The van der Waals surface area contributed by atoms with Crippen LogP contribution in [-0.2, 0) is 0 Å². The summed E-state index contributed by atoms with van der Waals surface area (Å²) in [5.41, 5.74) is 1.16. The summed E-state index contributed by atoms with van der Waals surface area (Å²) in [5, 5.41) is 0. The van der Waals surface area contributed by atoms with Crippen molar-refractivity contribution in [1.82, 2.24) is 0 Å². The van der Waals surface area contributed by atoms with Gasteiger partial charge in [0.15, 0.2) is 0 Å². The first-order valence-corrected chi connectivity index (χ1v) is 7.09. The fourth-order valence-electron chi connectivity index (χ4n) is 1.53. The predicted octanol–water partition coefficient (Wildman–Crippen LogP) is 2.73. The zero-order chi connectivity index (χ0) is 6.36. The van der Waals surface area contributed by atoms with Crippen LogP contribution >= 0.6 is 0 Å². The maximum atomic E-state index is 2.47. The molecule has 0 nitrogen and oxygen atoms in total. The maximum absolute atomic E-state index is 2.47. The van der Waals surface area contributed by atoms with Crippen molar-refractivity contribution in [1.29, 1.82) is 0 Å². The number of rotatable bonds is 1. The molecule has 1 aliphatic rings. The molecule has 0 aromatic carbocycles. The maximum Gasteiger partial charge on any atom is 0.0476 e. The molecule has 48 valence electrons. The van der Waals surface area contributed by atoms with E-state index >= 15 is 0 Å². The second kappa shape index (κ2) is 1.60. The standard InChI is InChI=1S/C7H16Si/c1-6-5-7(6)8(2,3)4/h6-7H,5H2,1-4H3. The zero-order valence-corrected chi connectivity index (χ0v) is 7.36. The van der Waals surface area contributed by atoms with Crippen molar-refractivity contribution in [2.24, 2.45) is 5.92 Å². The largest absolute Gasteiger partial charge is 0.0693 e. The Morgan fingerprint density at radius 3 is 1.62 bits per heavy atom. The molecule has 0 N–H and O–H groups in total. The summed E-state index contributed by atoms with van der Waals surface area (Å²) in [7, 11) is -0.687. The van der Waals surface area contributed by atoms with Gasteiger partial charge in [0.2, 0.25) is 0 Å². The van der Waals surface area contributed by atoms with Gasteiger partial charge in [0.25, 0.3) is 0 Å². The van der Waals surface area contributed by atoms with Crippen LogP contribution in [0.5, 0.6) is 0 Å². The molecule has 0 amide bonds. The van der Waals surface area contributed by atoms with E-state index in [4.69, 9.17) is 0 Å². The molecule has 8 heavy (non-hydrogen) atoms. The lowest BCUT2D eigenvalue weighted by Crippen LogP contribution is -2.20. The van der Waals surface area contributed by atoms with Gasteiger partial charge in [0.1, 0.15) is 0 Å². The quantitative estimate of drug-likeness (QED) is 0.476. The second-order valence-corrected chi connectivity index (χ2v) is 9.66. The first-order chi connectivity index (χ1) is 3.52. The highest BCUT2D eigenvalue weighted by atomic mass is 28.3. The van der Waals surface area contributed by atoms with Crippen molar-refractivity contribution < 1.29 is 0 Å². The van der Waals surface area contributed by atoms with Gasteiger partial charge >= 0.3 is 0 Å². The van der Waals surface area contributed by atoms with E-state index in [0.29, 0.717) is 0 Å². The molecule has 0 aromatic rings. The predicted molar refractivity (Wildman–Crippen MR) is 40.9 cm³/mol. The smallest absolute Gasteiger partial charge is 0.0476 e. The Morgan fingerprint density at radius 1 is 1.25 bits per heavy atom. The summed E-state index contributed by atoms with van der Waals surface area (Å²) >= 11 is 0. The van der Waals surface area contributed by atoms with E-state index in [9.17, 15) is 0 Å². The monoisotopic (exact) mass is 128 g/mol. The average Bonchev–Trinajstić information content (AvgIpc) is 2.13. The van der Waals surface area contributed by atoms with Crippen LogP contribution in [0, 0.1) is 5.92 Å². The van der Waals surface area contributed by atoms with Crippen LogP contribution in [0.2, 0.25) is 25.2 Å². The van der Waals surface area contributed by atoms with Crippen molar-refractivity contribution in [2.45, 2.75) is 38.5 Å². The van der Waals surface area contributed by atoms with Gasteiger partial charge in [0.05, 0.1) is 0 Å². The van der Waals surface area contributed by atoms with E-state index in [1.807, 2.05) is 0 Å². The Labute approximate surface area is 53.3 Å². The minimum absolute atomic E-state index is 0.687. The van der Waals surface area contributed by atoms with E-state index in [1.165, 1.54) is 6.42 Å². The van der Waals surface area contributed by atoms with Crippen molar-refractivity contribution in [3.05, 3.63) is 0 Å². The van der Waals surface area contributed by atoms with Gasteiger partial charge < -0.3 is 0 Å². The van der Waals surface area contributed by atoms with E-state index < -0.39 is 8.07 Å². The molecule has 0 saturated heterocycles. The van der Waals surface area contributed by atoms with E-state index in [1.54, 1.807) is 0 Å². The van der Waals surface area contributed by atoms with Crippen molar-refractivity contribution in [2.75, 3.05) is 0 Å². The second-order valence-electron chi connectivity index (χ2n) is 4.19. The Hall–Kier alpha value is 0.217. The van der Waals surface area contributed by atoms with Crippen LogP contribution in [0.3, 0.4) is 0 Å². The zero-order valence-electron chi connectivity index (χ0n) is 6.36. The van der Waals surface area contributed by atoms with E-state index in [2.05, 4.69) is 26.6 Å². The van der Waals surface area contributed by atoms with E-state index in [0.717, 1.165) is 11.5 Å². The third kappa shape index (κ3) is 1.13. The lowest BCUT2D eigenvalue weighted by atomic mass is 10.5.